The van der Waals surface area contributed by atoms with Gasteiger partial charge in [0, 0.05) is 43.3 Å². The Balaban J connectivity index is 1.82. The number of carbonyl (C=O) groups is 1. The van der Waals surface area contributed by atoms with Gasteiger partial charge in [-0.2, -0.15) is 0 Å². The van der Waals surface area contributed by atoms with E-state index in [0.29, 0.717) is 28.2 Å². The summed E-state index contributed by atoms with van der Waals surface area (Å²) in [6.45, 7) is 3.11. The van der Waals surface area contributed by atoms with Gasteiger partial charge in [-0.15, -0.1) is 0 Å². The first kappa shape index (κ1) is 23.7. The van der Waals surface area contributed by atoms with Gasteiger partial charge in [0.1, 0.15) is 0 Å². The van der Waals surface area contributed by atoms with E-state index in [1.165, 1.54) is 0 Å². The summed E-state index contributed by atoms with van der Waals surface area (Å²) in [5, 5.41) is 14.7. The van der Waals surface area contributed by atoms with Crippen LogP contribution in [0.25, 0.3) is 0 Å². The zero-order valence-corrected chi connectivity index (χ0v) is 19.9. The Labute approximate surface area is 199 Å². The van der Waals surface area contributed by atoms with Crippen LogP contribution >= 0.6 is 23.8 Å². The van der Waals surface area contributed by atoms with Crippen LogP contribution in [0.5, 0.6) is 0 Å². The summed E-state index contributed by atoms with van der Waals surface area (Å²) in [5.41, 5.74) is 3.07. The third-order valence-corrected chi connectivity index (χ3v) is 5.74. The average molecular weight is 471 g/mol. The van der Waals surface area contributed by atoms with Crippen LogP contribution < -0.4 is 15.5 Å². The molecule has 0 radical (unpaired) electrons. The van der Waals surface area contributed by atoms with E-state index in [1.54, 1.807) is 24.9 Å². The first-order valence-corrected chi connectivity index (χ1v) is 11.1. The number of carbonyl (C=O) groups excluding carboxylic acids is 1. The SMILES string of the molecule is CC(=N)N(C)CCCNC(=S)NC1N=C(c2ccccc2)c2cc(Cl)ccc2N(C)C1=O. The van der Waals surface area contributed by atoms with Crippen LogP contribution in [0.2, 0.25) is 5.02 Å². The van der Waals surface area contributed by atoms with E-state index in [-0.39, 0.29) is 5.91 Å². The van der Waals surface area contributed by atoms with E-state index in [4.69, 9.17) is 34.2 Å². The number of amides is 1. The standard InChI is InChI=1S/C23H27ClN6OS/c1-15(25)29(2)13-7-12-26-23(32)28-21-22(31)30(3)19-11-10-17(24)14-18(19)20(27-21)16-8-5-4-6-9-16/h4-6,8-11,14,21,25H,7,12-13H2,1-3H3,(H2,26,28,32). The van der Waals surface area contributed by atoms with Crippen molar-refractivity contribution in [2.45, 2.75) is 19.5 Å². The van der Waals surface area contributed by atoms with E-state index in [2.05, 4.69) is 10.6 Å². The summed E-state index contributed by atoms with van der Waals surface area (Å²) in [4.78, 5) is 21.4. The molecule has 32 heavy (non-hydrogen) atoms. The molecule has 0 fully saturated rings. The van der Waals surface area contributed by atoms with Crippen molar-refractivity contribution in [2.75, 3.05) is 32.1 Å². The number of fused-ring (bicyclic) bond motifs is 1. The van der Waals surface area contributed by atoms with Crippen LogP contribution in [-0.4, -0.2) is 60.8 Å². The predicted molar refractivity (Wildman–Crippen MR) is 135 cm³/mol. The number of rotatable bonds is 6. The van der Waals surface area contributed by atoms with Gasteiger partial charge < -0.3 is 20.4 Å². The van der Waals surface area contributed by atoms with Gasteiger partial charge in [0.2, 0.25) is 6.17 Å². The molecule has 1 aliphatic heterocycles. The van der Waals surface area contributed by atoms with Gasteiger partial charge in [-0.25, -0.2) is 4.99 Å². The lowest BCUT2D eigenvalue weighted by molar-refractivity contribution is -0.119. The Morgan fingerprint density at radius 2 is 2.00 bits per heavy atom. The molecule has 3 rings (SSSR count). The van der Waals surface area contributed by atoms with Crippen LogP contribution in [-0.2, 0) is 4.79 Å². The second kappa shape index (κ2) is 10.6. The number of nitrogens with zero attached hydrogens (tertiary/aromatic N) is 3. The molecule has 168 valence electrons. The van der Waals surface area contributed by atoms with Gasteiger partial charge in [0.15, 0.2) is 5.11 Å². The van der Waals surface area contributed by atoms with Crippen molar-refractivity contribution in [3.8, 4) is 0 Å². The Morgan fingerprint density at radius 1 is 1.28 bits per heavy atom. The molecule has 0 aliphatic carbocycles. The molecular weight excluding hydrogens is 444 g/mol. The van der Waals surface area contributed by atoms with Gasteiger partial charge in [-0.1, -0.05) is 41.9 Å². The fourth-order valence-corrected chi connectivity index (χ4v) is 3.71. The second-order valence-corrected chi connectivity index (χ2v) is 8.41. The summed E-state index contributed by atoms with van der Waals surface area (Å²) in [6, 6.07) is 15.1. The highest BCUT2D eigenvalue weighted by Gasteiger charge is 2.30. The number of nitrogens with one attached hydrogen (secondary N) is 3. The van der Waals surface area contributed by atoms with Crippen molar-refractivity contribution >= 4 is 52.1 Å². The first-order chi connectivity index (χ1) is 15.3. The minimum atomic E-state index is -0.882. The van der Waals surface area contributed by atoms with Crippen molar-refractivity contribution in [2.24, 2.45) is 4.99 Å². The number of hydrogen-bond donors (Lipinski definition) is 3. The van der Waals surface area contributed by atoms with Crippen LogP contribution in [0, 0.1) is 5.41 Å². The van der Waals surface area contributed by atoms with Crippen molar-refractivity contribution in [1.29, 1.82) is 5.41 Å². The molecule has 0 bridgehead atoms. The Morgan fingerprint density at radius 3 is 2.69 bits per heavy atom. The van der Waals surface area contributed by atoms with Crippen LogP contribution in [0.15, 0.2) is 53.5 Å². The van der Waals surface area contributed by atoms with Crippen molar-refractivity contribution < 1.29 is 4.79 Å². The summed E-state index contributed by atoms with van der Waals surface area (Å²) in [6.07, 6.45) is -0.0805. The molecule has 1 atom stereocenters. The van der Waals surface area contributed by atoms with Crippen LogP contribution in [0.3, 0.4) is 0 Å². The number of anilines is 1. The molecular formula is C23H27ClN6OS. The molecule has 2 aromatic rings. The van der Waals surface area contributed by atoms with E-state index in [9.17, 15) is 4.79 Å². The van der Waals surface area contributed by atoms with Crippen LogP contribution in [0.4, 0.5) is 5.69 Å². The van der Waals surface area contributed by atoms with Gasteiger partial charge in [-0.05, 0) is 43.8 Å². The third-order valence-electron chi connectivity index (χ3n) is 5.24. The van der Waals surface area contributed by atoms with Crippen molar-refractivity contribution in [3.05, 3.63) is 64.7 Å². The molecule has 1 unspecified atom stereocenters. The minimum absolute atomic E-state index is 0.220. The topological polar surface area (TPSA) is 83.8 Å². The Hall–Kier alpha value is -2.97. The predicted octanol–water partition coefficient (Wildman–Crippen LogP) is 3.26. The molecule has 1 aliphatic rings. The highest BCUT2D eigenvalue weighted by molar-refractivity contribution is 7.80. The van der Waals surface area contributed by atoms with Gasteiger partial charge in [-0.3, -0.25) is 10.2 Å². The number of hydrogen-bond acceptors (Lipinski definition) is 4. The second-order valence-electron chi connectivity index (χ2n) is 7.57. The highest BCUT2D eigenvalue weighted by atomic mass is 35.5. The summed E-state index contributed by atoms with van der Waals surface area (Å²) < 4.78 is 0. The lowest BCUT2D eigenvalue weighted by Crippen LogP contribution is -2.49. The normalized spacial score (nSPS) is 15.4. The number of aliphatic imine (C=N–C) groups is 1. The average Bonchev–Trinajstić information content (AvgIpc) is 2.87. The third kappa shape index (κ3) is 5.63. The number of likely N-dealkylation sites (N-methyl/N-ethyl adjacent to an activating group) is 1. The smallest absolute Gasteiger partial charge is 0.272 e. The largest absolute Gasteiger partial charge is 0.364 e. The molecule has 7 nitrogen and oxygen atoms in total. The maximum atomic E-state index is 13.2. The summed E-state index contributed by atoms with van der Waals surface area (Å²) in [7, 11) is 3.60. The molecule has 0 aromatic heterocycles. The summed E-state index contributed by atoms with van der Waals surface area (Å²) >= 11 is 11.7. The van der Waals surface area contributed by atoms with Crippen LogP contribution in [0.1, 0.15) is 24.5 Å². The maximum Gasteiger partial charge on any atom is 0.272 e. The van der Waals surface area contributed by atoms with Gasteiger partial charge >= 0.3 is 0 Å². The lowest BCUT2D eigenvalue weighted by Gasteiger charge is -2.22. The van der Waals surface area contributed by atoms with E-state index in [0.717, 1.165) is 29.8 Å². The monoisotopic (exact) mass is 470 g/mol. The summed E-state index contributed by atoms with van der Waals surface area (Å²) in [5.74, 6) is 0.294. The number of benzodiazepines with no additional fused rings is 1. The minimum Gasteiger partial charge on any atom is -0.364 e. The van der Waals surface area contributed by atoms with E-state index < -0.39 is 6.17 Å². The molecule has 0 saturated carbocycles. The number of halogens is 1. The first-order valence-electron chi connectivity index (χ1n) is 10.3. The van der Waals surface area contributed by atoms with E-state index >= 15 is 0 Å². The van der Waals surface area contributed by atoms with Crippen molar-refractivity contribution in [1.82, 2.24) is 15.5 Å². The van der Waals surface area contributed by atoms with Gasteiger partial charge in [0.05, 0.1) is 17.2 Å². The molecule has 2 aromatic carbocycles. The molecule has 0 saturated heterocycles. The maximum absolute atomic E-state index is 13.2. The molecule has 1 heterocycles. The zero-order chi connectivity index (χ0) is 23.3. The number of thiocarbonyl (C=S) groups is 1. The molecule has 0 spiro atoms. The fraction of sp³-hybridized carbons (Fsp3) is 0.304. The Bertz CT molecular complexity index is 1040. The zero-order valence-electron chi connectivity index (χ0n) is 18.4. The fourth-order valence-electron chi connectivity index (χ4n) is 3.33. The Kier molecular flexibility index (Phi) is 7.82. The number of benzene rings is 2. The lowest BCUT2D eigenvalue weighted by atomic mass is 10.0. The quantitative estimate of drug-likeness (QED) is 0.261. The number of amidine groups is 1. The van der Waals surface area contributed by atoms with Crippen molar-refractivity contribution in [3.63, 3.8) is 0 Å². The molecule has 1 amide bonds. The molecule has 9 heteroatoms. The highest BCUT2D eigenvalue weighted by Crippen LogP contribution is 2.29. The van der Waals surface area contributed by atoms with E-state index in [1.807, 2.05) is 54.4 Å². The molecule has 3 N–H and O–H groups in total. The van der Waals surface area contributed by atoms with Gasteiger partial charge in [0.25, 0.3) is 5.91 Å².